The van der Waals surface area contributed by atoms with Gasteiger partial charge in [0.15, 0.2) is 0 Å². The van der Waals surface area contributed by atoms with Crippen molar-refractivity contribution in [1.82, 2.24) is 5.32 Å². The number of hydrogen-bond donors (Lipinski definition) is 1. The Morgan fingerprint density at radius 2 is 1.96 bits per heavy atom. The zero-order valence-corrected chi connectivity index (χ0v) is 14.1. The van der Waals surface area contributed by atoms with E-state index in [2.05, 4.69) is 5.32 Å². The van der Waals surface area contributed by atoms with Crippen molar-refractivity contribution >= 4 is 11.7 Å². The number of anilines is 1. The molecule has 1 aromatic rings. The SMILES string of the molecule is CC(C)(C)OC(=O)c1ccccc1N1CC[C@H](NCC(F)(F)F)C1. The van der Waals surface area contributed by atoms with Gasteiger partial charge in [-0.25, -0.2) is 4.79 Å². The highest BCUT2D eigenvalue weighted by Crippen LogP contribution is 2.27. The number of hydrogen-bond acceptors (Lipinski definition) is 4. The van der Waals surface area contributed by atoms with Crippen LogP contribution in [0.3, 0.4) is 0 Å². The lowest BCUT2D eigenvalue weighted by molar-refractivity contribution is -0.125. The second-order valence-electron chi connectivity index (χ2n) is 6.95. The maximum atomic E-state index is 12.4. The number of nitrogens with zero attached hydrogens (tertiary/aromatic N) is 1. The normalized spacial score (nSPS) is 18.8. The fraction of sp³-hybridized carbons (Fsp3) is 0.588. The minimum Gasteiger partial charge on any atom is -0.456 e. The van der Waals surface area contributed by atoms with Crippen molar-refractivity contribution in [2.75, 3.05) is 24.5 Å². The molecule has 1 saturated heterocycles. The average Bonchev–Trinajstić information content (AvgIpc) is 2.91. The number of rotatable bonds is 4. The van der Waals surface area contributed by atoms with Gasteiger partial charge in [-0.1, -0.05) is 12.1 Å². The van der Waals surface area contributed by atoms with E-state index in [9.17, 15) is 18.0 Å². The van der Waals surface area contributed by atoms with E-state index in [1.807, 2.05) is 4.90 Å². The first-order valence-electron chi connectivity index (χ1n) is 7.93. The van der Waals surface area contributed by atoms with Crippen molar-refractivity contribution in [3.8, 4) is 0 Å². The number of carbonyl (C=O) groups is 1. The van der Waals surface area contributed by atoms with E-state index >= 15 is 0 Å². The monoisotopic (exact) mass is 344 g/mol. The van der Waals surface area contributed by atoms with Gasteiger partial charge < -0.3 is 15.0 Å². The van der Waals surface area contributed by atoms with Crippen LogP contribution in [-0.4, -0.2) is 43.4 Å². The summed E-state index contributed by atoms with van der Waals surface area (Å²) in [5.41, 5.74) is 0.526. The molecule has 0 aromatic heterocycles. The van der Waals surface area contributed by atoms with Gasteiger partial charge in [-0.05, 0) is 39.3 Å². The summed E-state index contributed by atoms with van der Waals surface area (Å²) in [5.74, 6) is -0.426. The molecular weight excluding hydrogens is 321 g/mol. The fourth-order valence-electron chi connectivity index (χ4n) is 2.66. The lowest BCUT2D eigenvalue weighted by Crippen LogP contribution is -2.39. The smallest absolute Gasteiger partial charge is 0.401 e. The number of esters is 1. The van der Waals surface area contributed by atoms with Crippen molar-refractivity contribution in [3.05, 3.63) is 29.8 Å². The molecule has 0 spiro atoms. The highest BCUT2D eigenvalue weighted by Gasteiger charge is 2.31. The van der Waals surface area contributed by atoms with Crippen LogP contribution in [0.2, 0.25) is 0 Å². The third-order valence-corrected chi connectivity index (χ3v) is 3.64. The van der Waals surface area contributed by atoms with Gasteiger partial charge in [0.05, 0.1) is 17.8 Å². The Morgan fingerprint density at radius 3 is 2.58 bits per heavy atom. The standard InChI is InChI=1S/C17H23F3N2O2/c1-16(2,3)24-15(23)13-6-4-5-7-14(13)22-9-8-12(10-22)21-11-17(18,19)20/h4-7,12,21H,8-11H2,1-3H3/t12-/m0/s1. The summed E-state index contributed by atoms with van der Waals surface area (Å²) in [6, 6.07) is 6.78. The van der Waals surface area contributed by atoms with E-state index in [1.54, 1.807) is 45.0 Å². The van der Waals surface area contributed by atoms with Crippen molar-refractivity contribution in [1.29, 1.82) is 0 Å². The Bertz CT molecular complexity index is 582. The van der Waals surface area contributed by atoms with Crippen molar-refractivity contribution < 1.29 is 22.7 Å². The summed E-state index contributed by atoms with van der Waals surface area (Å²) in [7, 11) is 0. The minimum absolute atomic E-state index is 0.252. The Kier molecular flexibility index (Phi) is 5.42. The quantitative estimate of drug-likeness (QED) is 0.851. The van der Waals surface area contributed by atoms with E-state index in [0.717, 1.165) is 0 Å². The van der Waals surface area contributed by atoms with Gasteiger partial charge in [-0.2, -0.15) is 13.2 Å². The first-order valence-corrected chi connectivity index (χ1v) is 7.93. The van der Waals surface area contributed by atoms with E-state index in [0.29, 0.717) is 30.8 Å². The van der Waals surface area contributed by atoms with Crippen LogP contribution in [0.25, 0.3) is 0 Å². The van der Waals surface area contributed by atoms with Crippen LogP contribution in [0, 0.1) is 0 Å². The summed E-state index contributed by atoms with van der Waals surface area (Å²) in [6.45, 7) is 5.39. The van der Waals surface area contributed by atoms with Crippen LogP contribution in [0.1, 0.15) is 37.6 Å². The molecule has 134 valence electrons. The van der Waals surface area contributed by atoms with E-state index in [-0.39, 0.29) is 6.04 Å². The topological polar surface area (TPSA) is 41.6 Å². The van der Waals surface area contributed by atoms with Gasteiger partial charge in [0.2, 0.25) is 0 Å². The van der Waals surface area contributed by atoms with Crippen molar-refractivity contribution in [3.63, 3.8) is 0 Å². The number of alkyl halides is 3. The Hall–Kier alpha value is -1.76. The highest BCUT2D eigenvalue weighted by atomic mass is 19.4. The molecule has 0 radical (unpaired) electrons. The molecule has 1 N–H and O–H groups in total. The summed E-state index contributed by atoms with van der Waals surface area (Å²) in [6.07, 6.45) is -3.62. The maximum Gasteiger partial charge on any atom is 0.401 e. The Labute approximate surface area is 140 Å². The van der Waals surface area contributed by atoms with E-state index in [4.69, 9.17) is 4.74 Å². The molecular formula is C17H23F3N2O2. The molecule has 4 nitrogen and oxygen atoms in total. The molecule has 0 unspecified atom stereocenters. The van der Waals surface area contributed by atoms with Crippen LogP contribution < -0.4 is 10.2 Å². The third-order valence-electron chi connectivity index (χ3n) is 3.64. The van der Waals surface area contributed by atoms with Gasteiger partial charge in [-0.3, -0.25) is 0 Å². The number of halogens is 3. The van der Waals surface area contributed by atoms with Gasteiger partial charge in [0.1, 0.15) is 5.60 Å². The summed E-state index contributed by atoms with van der Waals surface area (Å²) >= 11 is 0. The summed E-state index contributed by atoms with van der Waals surface area (Å²) < 4.78 is 42.4. The van der Waals surface area contributed by atoms with Crippen LogP contribution in [0.5, 0.6) is 0 Å². The van der Waals surface area contributed by atoms with Crippen LogP contribution in [-0.2, 0) is 4.74 Å². The predicted molar refractivity (Wildman–Crippen MR) is 86.3 cm³/mol. The van der Waals surface area contributed by atoms with Gasteiger partial charge in [-0.15, -0.1) is 0 Å². The molecule has 2 rings (SSSR count). The number of nitrogens with one attached hydrogen (secondary N) is 1. The van der Waals surface area contributed by atoms with Crippen LogP contribution >= 0.6 is 0 Å². The second kappa shape index (κ2) is 7.01. The largest absolute Gasteiger partial charge is 0.456 e. The van der Waals surface area contributed by atoms with E-state index < -0.39 is 24.3 Å². The fourth-order valence-corrected chi connectivity index (χ4v) is 2.66. The summed E-state index contributed by atoms with van der Waals surface area (Å²) in [4.78, 5) is 14.3. The van der Waals surface area contributed by atoms with Gasteiger partial charge >= 0.3 is 12.1 Å². The van der Waals surface area contributed by atoms with Crippen LogP contribution in [0.4, 0.5) is 18.9 Å². The first-order chi connectivity index (χ1) is 11.1. The molecule has 1 aromatic carbocycles. The lowest BCUT2D eigenvalue weighted by Gasteiger charge is -2.24. The number of carbonyl (C=O) groups excluding carboxylic acids is 1. The predicted octanol–water partition coefficient (Wildman–Crippen LogP) is 3.37. The molecule has 1 heterocycles. The van der Waals surface area contributed by atoms with Crippen molar-refractivity contribution in [2.45, 2.75) is 45.0 Å². The number of ether oxygens (including phenoxy) is 1. The molecule has 0 bridgehead atoms. The molecule has 0 saturated carbocycles. The molecule has 7 heteroatoms. The minimum atomic E-state index is -4.22. The lowest BCUT2D eigenvalue weighted by atomic mass is 10.1. The first kappa shape index (κ1) is 18.6. The number of benzene rings is 1. The van der Waals surface area contributed by atoms with E-state index in [1.165, 1.54) is 0 Å². The Balaban J connectivity index is 2.06. The average molecular weight is 344 g/mol. The molecule has 1 fully saturated rings. The molecule has 0 amide bonds. The Morgan fingerprint density at radius 1 is 1.29 bits per heavy atom. The number of para-hydroxylation sites is 1. The molecule has 1 atom stereocenters. The van der Waals surface area contributed by atoms with Gasteiger partial charge in [0, 0.05) is 19.1 Å². The third kappa shape index (κ3) is 5.40. The second-order valence-corrected chi connectivity index (χ2v) is 6.95. The molecule has 1 aliphatic rings. The zero-order valence-electron chi connectivity index (χ0n) is 14.1. The van der Waals surface area contributed by atoms with Gasteiger partial charge in [0.25, 0.3) is 0 Å². The van der Waals surface area contributed by atoms with Crippen molar-refractivity contribution in [2.24, 2.45) is 0 Å². The van der Waals surface area contributed by atoms with Crippen LogP contribution in [0.15, 0.2) is 24.3 Å². The summed E-state index contributed by atoms with van der Waals surface area (Å²) in [5, 5.41) is 2.53. The molecule has 24 heavy (non-hydrogen) atoms. The maximum absolute atomic E-state index is 12.4. The molecule has 1 aliphatic heterocycles. The highest BCUT2D eigenvalue weighted by molar-refractivity contribution is 5.96. The zero-order chi connectivity index (χ0) is 18.0. The molecule has 0 aliphatic carbocycles.